The summed E-state index contributed by atoms with van der Waals surface area (Å²) in [5, 5.41) is 3.13. The Morgan fingerprint density at radius 2 is 1.75 bits per heavy atom. The molecule has 0 saturated heterocycles. The molecule has 0 aromatic heterocycles. The standard InChI is InChI=1S/C15H15Cl/c16-13-9-8-12(10-13)15-7-3-5-11-4-1-2-6-14(11)15/h1-7,12-13H,8-10H2. The average Bonchev–Trinajstić information content (AvgIpc) is 2.75. The van der Waals surface area contributed by atoms with E-state index in [1.54, 1.807) is 0 Å². The van der Waals surface area contributed by atoms with E-state index in [-0.39, 0.29) is 0 Å². The first-order valence-electron chi connectivity index (χ1n) is 5.96. The summed E-state index contributed by atoms with van der Waals surface area (Å²) < 4.78 is 0. The van der Waals surface area contributed by atoms with Crippen LogP contribution in [0.3, 0.4) is 0 Å². The summed E-state index contributed by atoms with van der Waals surface area (Å²) >= 11 is 6.21. The lowest BCUT2D eigenvalue weighted by molar-refractivity contribution is 0.730. The van der Waals surface area contributed by atoms with Crippen molar-refractivity contribution in [2.24, 2.45) is 0 Å². The zero-order valence-corrected chi connectivity index (χ0v) is 9.95. The van der Waals surface area contributed by atoms with Crippen LogP contribution in [0.5, 0.6) is 0 Å². The van der Waals surface area contributed by atoms with Crippen molar-refractivity contribution in [1.82, 2.24) is 0 Å². The third-order valence-electron chi connectivity index (χ3n) is 3.63. The van der Waals surface area contributed by atoms with Crippen molar-refractivity contribution in [2.45, 2.75) is 30.6 Å². The van der Waals surface area contributed by atoms with Gasteiger partial charge in [-0.1, -0.05) is 42.5 Å². The van der Waals surface area contributed by atoms with Gasteiger partial charge in [-0.3, -0.25) is 0 Å². The molecule has 0 spiro atoms. The molecule has 0 nitrogen and oxygen atoms in total. The van der Waals surface area contributed by atoms with Gasteiger partial charge in [-0.05, 0) is 41.5 Å². The van der Waals surface area contributed by atoms with Crippen molar-refractivity contribution < 1.29 is 0 Å². The normalized spacial score (nSPS) is 25.1. The lowest BCUT2D eigenvalue weighted by Gasteiger charge is -2.12. The number of halogens is 1. The van der Waals surface area contributed by atoms with Crippen LogP contribution < -0.4 is 0 Å². The smallest absolute Gasteiger partial charge is 0.0342 e. The van der Waals surface area contributed by atoms with Gasteiger partial charge in [-0.25, -0.2) is 0 Å². The van der Waals surface area contributed by atoms with E-state index in [9.17, 15) is 0 Å². The fraction of sp³-hybridized carbons (Fsp3) is 0.333. The highest BCUT2D eigenvalue weighted by molar-refractivity contribution is 6.20. The molecule has 0 bridgehead atoms. The summed E-state index contributed by atoms with van der Waals surface area (Å²) in [4.78, 5) is 0. The first-order valence-corrected chi connectivity index (χ1v) is 6.40. The first kappa shape index (κ1) is 10.2. The van der Waals surface area contributed by atoms with Crippen LogP contribution in [0, 0.1) is 0 Å². The van der Waals surface area contributed by atoms with E-state index >= 15 is 0 Å². The molecule has 2 unspecified atom stereocenters. The highest BCUT2D eigenvalue weighted by atomic mass is 35.5. The van der Waals surface area contributed by atoms with Gasteiger partial charge >= 0.3 is 0 Å². The van der Waals surface area contributed by atoms with Crippen LogP contribution in [0.25, 0.3) is 10.8 Å². The average molecular weight is 231 g/mol. The molecule has 3 rings (SSSR count). The Balaban J connectivity index is 2.09. The molecule has 1 fully saturated rings. The van der Waals surface area contributed by atoms with Crippen LogP contribution in [0.4, 0.5) is 0 Å². The molecule has 0 aliphatic heterocycles. The second-order valence-electron chi connectivity index (χ2n) is 4.68. The maximum atomic E-state index is 6.21. The molecule has 16 heavy (non-hydrogen) atoms. The second-order valence-corrected chi connectivity index (χ2v) is 5.29. The zero-order valence-electron chi connectivity index (χ0n) is 9.20. The van der Waals surface area contributed by atoms with Gasteiger partial charge in [0.15, 0.2) is 0 Å². The molecular weight excluding hydrogens is 216 g/mol. The van der Waals surface area contributed by atoms with E-state index in [1.165, 1.54) is 22.8 Å². The SMILES string of the molecule is ClC1CCC(c2cccc3ccccc23)C1. The van der Waals surface area contributed by atoms with Gasteiger partial charge in [0.2, 0.25) is 0 Å². The van der Waals surface area contributed by atoms with E-state index in [0.29, 0.717) is 11.3 Å². The number of hydrogen-bond donors (Lipinski definition) is 0. The molecule has 1 aliphatic carbocycles. The minimum Gasteiger partial charge on any atom is -0.123 e. The molecule has 0 heterocycles. The molecule has 0 radical (unpaired) electrons. The monoisotopic (exact) mass is 230 g/mol. The minimum absolute atomic E-state index is 0.379. The third kappa shape index (κ3) is 1.72. The quantitative estimate of drug-likeness (QED) is 0.622. The van der Waals surface area contributed by atoms with Crippen molar-refractivity contribution in [3.05, 3.63) is 48.0 Å². The summed E-state index contributed by atoms with van der Waals surface area (Å²) in [6.45, 7) is 0. The van der Waals surface area contributed by atoms with Gasteiger partial charge in [-0.15, -0.1) is 11.6 Å². The van der Waals surface area contributed by atoms with Crippen molar-refractivity contribution >= 4 is 22.4 Å². The Bertz CT molecular complexity index is 498. The van der Waals surface area contributed by atoms with Gasteiger partial charge in [0.25, 0.3) is 0 Å². The van der Waals surface area contributed by atoms with Crippen LogP contribution >= 0.6 is 11.6 Å². The Hall–Kier alpha value is -1.01. The molecule has 0 amide bonds. The molecule has 2 aromatic carbocycles. The predicted molar refractivity (Wildman–Crippen MR) is 70.2 cm³/mol. The van der Waals surface area contributed by atoms with Gasteiger partial charge in [0, 0.05) is 5.38 Å². The van der Waals surface area contributed by atoms with Crippen molar-refractivity contribution in [3.63, 3.8) is 0 Å². The summed E-state index contributed by atoms with van der Waals surface area (Å²) in [7, 11) is 0. The van der Waals surface area contributed by atoms with E-state index < -0.39 is 0 Å². The predicted octanol–water partition coefficient (Wildman–Crippen LogP) is 4.71. The van der Waals surface area contributed by atoms with E-state index in [2.05, 4.69) is 42.5 Å². The molecule has 0 N–H and O–H groups in total. The minimum atomic E-state index is 0.379. The fourth-order valence-corrected chi connectivity index (χ4v) is 3.16. The number of fused-ring (bicyclic) bond motifs is 1. The topological polar surface area (TPSA) is 0 Å². The van der Waals surface area contributed by atoms with Gasteiger partial charge in [0.05, 0.1) is 0 Å². The summed E-state index contributed by atoms with van der Waals surface area (Å²) in [5.41, 5.74) is 1.49. The Kier molecular flexibility index (Phi) is 2.61. The molecule has 82 valence electrons. The number of rotatable bonds is 1. The second kappa shape index (κ2) is 4.10. The number of benzene rings is 2. The van der Waals surface area contributed by atoms with Crippen molar-refractivity contribution in [1.29, 1.82) is 0 Å². The lowest BCUT2D eigenvalue weighted by Crippen LogP contribution is -1.95. The highest BCUT2D eigenvalue weighted by Gasteiger charge is 2.25. The number of hydrogen-bond acceptors (Lipinski definition) is 0. The Morgan fingerprint density at radius 1 is 0.938 bits per heavy atom. The summed E-state index contributed by atoms with van der Waals surface area (Å²) in [6.07, 6.45) is 3.53. The molecule has 1 heteroatoms. The Labute approximate surface area is 101 Å². The number of alkyl halides is 1. The molecular formula is C15H15Cl. The third-order valence-corrected chi connectivity index (χ3v) is 4.03. The highest BCUT2D eigenvalue weighted by Crippen LogP contribution is 2.39. The Morgan fingerprint density at radius 3 is 2.56 bits per heavy atom. The van der Waals surface area contributed by atoms with E-state index in [0.717, 1.165) is 12.8 Å². The molecule has 1 aliphatic rings. The van der Waals surface area contributed by atoms with Gasteiger partial charge < -0.3 is 0 Å². The summed E-state index contributed by atoms with van der Waals surface area (Å²) in [5.74, 6) is 0.661. The maximum Gasteiger partial charge on any atom is 0.0342 e. The van der Waals surface area contributed by atoms with E-state index in [4.69, 9.17) is 11.6 Å². The molecule has 2 atom stereocenters. The van der Waals surface area contributed by atoms with Crippen LogP contribution in [0.1, 0.15) is 30.7 Å². The largest absolute Gasteiger partial charge is 0.123 e. The molecule has 1 saturated carbocycles. The zero-order chi connectivity index (χ0) is 11.0. The van der Waals surface area contributed by atoms with E-state index in [1.807, 2.05) is 0 Å². The van der Waals surface area contributed by atoms with Crippen LogP contribution in [-0.4, -0.2) is 5.38 Å². The van der Waals surface area contributed by atoms with Crippen molar-refractivity contribution in [3.8, 4) is 0 Å². The lowest BCUT2D eigenvalue weighted by atomic mass is 9.92. The van der Waals surface area contributed by atoms with Crippen LogP contribution in [0.15, 0.2) is 42.5 Å². The molecule has 2 aromatic rings. The maximum absolute atomic E-state index is 6.21. The fourth-order valence-electron chi connectivity index (χ4n) is 2.82. The summed E-state index contributed by atoms with van der Waals surface area (Å²) in [6, 6.07) is 15.3. The van der Waals surface area contributed by atoms with Crippen molar-refractivity contribution in [2.75, 3.05) is 0 Å². The first-order chi connectivity index (χ1) is 7.84. The van der Waals surface area contributed by atoms with Gasteiger partial charge in [0.1, 0.15) is 0 Å². The van der Waals surface area contributed by atoms with Crippen LogP contribution in [0.2, 0.25) is 0 Å². The van der Waals surface area contributed by atoms with Crippen LogP contribution in [-0.2, 0) is 0 Å². The van der Waals surface area contributed by atoms with Gasteiger partial charge in [-0.2, -0.15) is 0 Å².